The normalized spacial score (nSPS) is 24.0. The van der Waals surface area contributed by atoms with Crippen molar-refractivity contribution in [3.63, 3.8) is 0 Å². The molecule has 0 atom stereocenters. The van der Waals surface area contributed by atoms with Crippen LogP contribution < -0.4 is 0 Å². The second-order valence-corrected chi connectivity index (χ2v) is 13.6. The van der Waals surface area contributed by atoms with E-state index < -0.39 is 36.4 Å². The fourth-order valence-electron chi connectivity index (χ4n) is 8.77. The van der Waals surface area contributed by atoms with Gasteiger partial charge in [-0.25, -0.2) is 0 Å². The van der Waals surface area contributed by atoms with Crippen LogP contribution in [-0.2, 0) is 18.6 Å². The summed E-state index contributed by atoms with van der Waals surface area (Å²) in [6.45, 7) is 36.5. The minimum absolute atomic E-state index is 0.281. The molecule has 198 valence electrons. The van der Waals surface area contributed by atoms with Crippen molar-refractivity contribution >= 4 is 14.0 Å². The summed E-state index contributed by atoms with van der Waals surface area (Å²) in [4.78, 5) is 0. The highest BCUT2D eigenvalue weighted by atomic mass is 16.7. The Morgan fingerprint density at radius 3 is 0.500 bits per heavy atom. The summed E-state index contributed by atoms with van der Waals surface area (Å²) >= 11 is 0. The summed E-state index contributed by atoms with van der Waals surface area (Å²) < 4.78 is 28.5. The van der Waals surface area contributed by atoms with Gasteiger partial charge in [0.2, 0.25) is 0 Å². The largest absolute Gasteiger partial charge is 0.489 e. The molecule has 2 fully saturated rings. The summed E-state index contributed by atoms with van der Waals surface area (Å²) in [5, 5.41) is 0. The Morgan fingerprint density at radius 1 is 0.294 bits per heavy atom. The Bertz CT molecular complexity index is 538. The molecule has 2 aliphatic heterocycles. The number of hydrogen-bond acceptors (Lipinski definition) is 4. The minimum Gasteiger partial charge on any atom is -0.404 e. The van der Waals surface area contributed by atoms with E-state index in [1.165, 1.54) is 0 Å². The van der Waals surface area contributed by atoms with Crippen LogP contribution in [0.3, 0.4) is 0 Å². The highest BCUT2D eigenvalue weighted by Gasteiger charge is 2.75. The Kier molecular flexibility index (Phi) is 8.91. The molecule has 0 amide bonds. The molecule has 6 heteroatoms. The van der Waals surface area contributed by atoms with Crippen LogP contribution in [-0.4, -0.2) is 36.4 Å². The first-order valence-electron chi connectivity index (χ1n) is 14.1. The van der Waals surface area contributed by atoms with Gasteiger partial charge in [0.15, 0.2) is 0 Å². The molecule has 0 bridgehead atoms. The van der Waals surface area contributed by atoms with Crippen LogP contribution in [0.15, 0.2) is 0 Å². The van der Waals surface area contributed by atoms with Crippen LogP contribution in [0.2, 0.25) is 0 Å². The van der Waals surface area contributed by atoms with E-state index in [0.717, 1.165) is 0 Å². The lowest BCUT2D eigenvalue weighted by molar-refractivity contribution is -0.158. The molecule has 2 aliphatic rings. The topological polar surface area (TPSA) is 36.9 Å². The smallest absolute Gasteiger partial charge is 0.404 e. The predicted molar refractivity (Wildman–Crippen MR) is 145 cm³/mol. The standard InChI is InChI=1S/C28H56B2O4/c1-17(2)25(18(3)4)26(19(5)6,20(7)8)32-29(31-25)30-33-27(21(9)10,22(11)12)28(34-30,23(13)14)24(15)16/h17-24H,1-16H3. The van der Waals surface area contributed by atoms with Gasteiger partial charge in [-0.3, -0.25) is 0 Å². The molecular formula is C28H56B2O4. The quantitative estimate of drug-likeness (QED) is 0.325. The van der Waals surface area contributed by atoms with Gasteiger partial charge in [0, 0.05) is 0 Å². The van der Waals surface area contributed by atoms with E-state index >= 15 is 0 Å². The molecule has 0 N–H and O–H groups in total. The van der Waals surface area contributed by atoms with Crippen LogP contribution in [0.4, 0.5) is 0 Å². The number of hydrogen-bond donors (Lipinski definition) is 0. The van der Waals surface area contributed by atoms with Crippen LogP contribution in [0.1, 0.15) is 111 Å². The lowest BCUT2D eigenvalue weighted by Crippen LogP contribution is -2.64. The van der Waals surface area contributed by atoms with Crippen LogP contribution >= 0.6 is 0 Å². The Hall–Kier alpha value is -0.0301. The lowest BCUT2D eigenvalue weighted by Gasteiger charge is -2.54. The van der Waals surface area contributed by atoms with E-state index in [-0.39, 0.29) is 47.3 Å². The molecule has 0 aromatic rings. The SMILES string of the molecule is CC(C)C1(C(C)C)OB(B2OC(C(C)C)(C(C)C)C(C(C)C)(C(C)C)O2)OC1(C(C)C)C(C)C. The zero-order valence-electron chi connectivity index (χ0n) is 25.4. The molecule has 0 aromatic carbocycles. The molecule has 0 aliphatic carbocycles. The molecule has 2 heterocycles. The van der Waals surface area contributed by atoms with Crippen molar-refractivity contribution in [2.24, 2.45) is 47.3 Å². The fraction of sp³-hybridized carbons (Fsp3) is 1.00. The highest BCUT2D eigenvalue weighted by molar-refractivity contribution is 7.11. The maximum absolute atomic E-state index is 7.13. The van der Waals surface area contributed by atoms with Crippen molar-refractivity contribution < 1.29 is 18.6 Å². The zero-order valence-corrected chi connectivity index (χ0v) is 25.4. The van der Waals surface area contributed by atoms with Gasteiger partial charge in [-0.2, -0.15) is 0 Å². The zero-order chi connectivity index (χ0) is 26.6. The second-order valence-electron chi connectivity index (χ2n) is 13.6. The highest BCUT2D eigenvalue weighted by Crippen LogP contribution is 2.59. The predicted octanol–water partition coefficient (Wildman–Crippen LogP) is 7.34. The molecular weight excluding hydrogens is 422 g/mol. The Labute approximate surface area is 213 Å². The van der Waals surface area contributed by atoms with E-state index in [2.05, 4.69) is 111 Å². The van der Waals surface area contributed by atoms with E-state index in [1.54, 1.807) is 0 Å². The van der Waals surface area contributed by atoms with Gasteiger partial charge in [0.05, 0.1) is 22.4 Å². The van der Waals surface area contributed by atoms with Crippen LogP contribution in [0, 0.1) is 47.3 Å². The molecule has 0 saturated carbocycles. The van der Waals surface area contributed by atoms with Crippen molar-refractivity contribution in [2.75, 3.05) is 0 Å². The summed E-state index contributed by atoms with van der Waals surface area (Å²) in [6, 6.07) is 0. The van der Waals surface area contributed by atoms with Crippen LogP contribution in [0.5, 0.6) is 0 Å². The van der Waals surface area contributed by atoms with Crippen molar-refractivity contribution in [2.45, 2.75) is 133 Å². The molecule has 2 rings (SSSR count). The first-order chi connectivity index (χ1) is 15.4. The van der Waals surface area contributed by atoms with Gasteiger partial charge < -0.3 is 18.6 Å². The van der Waals surface area contributed by atoms with Crippen molar-refractivity contribution in [3.8, 4) is 0 Å². The Balaban J connectivity index is 2.71. The molecule has 4 nitrogen and oxygen atoms in total. The van der Waals surface area contributed by atoms with E-state index in [0.29, 0.717) is 0 Å². The van der Waals surface area contributed by atoms with Gasteiger partial charge in [-0.05, 0) is 47.3 Å². The van der Waals surface area contributed by atoms with Crippen molar-refractivity contribution in [3.05, 3.63) is 0 Å². The van der Waals surface area contributed by atoms with Gasteiger partial charge in [-0.15, -0.1) is 0 Å². The minimum atomic E-state index is -0.564. The maximum atomic E-state index is 7.13. The fourth-order valence-corrected chi connectivity index (χ4v) is 8.77. The summed E-state index contributed by atoms with van der Waals surface area (Å²) in [6.07, 6.45) is 0. The third kappa shape index (κ3) is 3.79. The van der Waals surface area contributed by atoms with Gasteiger partial charge in [0.1, 0.15) is 0 Å². The molecule has 0 radical (unpaired) electrons. The summed E-state index contributed by atoms with van der Waals surface area (Å²) in [5.41, 5.74) is -1.75. The average Bonchev–Trinajstić information content (AvgIpc) is 3.25. The third-order valence-electron chi connectivity index (χ3n) is 9.55. The van der Waals surface area contributed by atoms with E-state index in [4.69, 9.17) is 18.6 Å². The molecule has 0 spiro atoms. The first kappa shape index (κ1) is 30.2. The van der Waals surface area contributed by atoms with Gasteiger partial charge in [0.25, 0.3) is 0 Å². The van der Waals surface area contributed by atoms with Crippen molar-refractivity contribution in [1.82, 2.24) is 0 Å². The van der Waals surface area contributed by atoms with E-state index in [1.807, 2.05) is 0 Å². The lowest BCUT2D eigenvalue weighted by atomic mass is 9.48. The Morgan fingerprint density at radius 2 is 0.412 bits per heavy atom. The van der Waals surface area contributed by atoms with Gasteiger partial charge >= 0.3 is 14.0 Å². The summed E-state index contributed by atoms with van der Waals surface area (Å²) in [5.74, 6) is 2.25. The van der Waals surface area contributed by atoms with Crippen LogP contribution in [0.25, 0.3) is 0 Å². The third-order valence-corrected chi connectivity index (χ3v) is 9.55. The second kappa shape index (κ2) is 10.0. The summed E-state index contributed by atoms with van der Waals surface area (Å²) in [7, 11) is -1.13. The maximum Gasteiger partial charge on any atom is 0.489 e. The average molecular weight is 478 g/mol. The molecule has 2 saturated heterocycles. The number of rotatable bonds is 9. The van der Waals surface area contributed by atoms with Crippen molar-refractivity contribution in [1.29, 1.82) is 0 Å². The first-order valence-corrected chi connectivity index (χ1v) is 14.1. The molecule has 34 heavy (non-hydrogen) atoms. The molecule has 0 unspecified atom stereocenters. The van der Waals surface area contributed by atoms with E-state index in [9.17, 15) is 0 Å². The van der Waals surface area contributed by atoms with Gasteiger partial charge in [-0.1, -0.05) is 111 Å². The monoisotopic (exact) mass is 478 g/mol. The molecule has 0 aromatic heterocycles.